The molecule has 0 fully saturated rings. The minimum atomic E-state index is -4.54. The third kappa shape index (κ3) is 3.06. The van der Waals surface area contributed by atoms with Crippen LogP contribution in [0.4, 0.5) is 13.2 Å². The molecule has 1 aromatic carbocycles. The van der Waals surface area contributed by atoms with Crippen molar-refractivity contribution in [1.29, 1.82) is 0 Å². The number of hydrogen-bond donors (Lipinski definition) is 1. The van der Waals surface area contributed by atoms with Gasteiger partial charge in [0.15, 0.2) is 0 Å². The van der Waals surface area contributed by atoms with Gasteiger partial charge in [-0.25, -0.2) is 4.98 Å². The molecule has 27 heavy (non-hydrogen) atoms. The molecule has 0 radical (unpaired) electrons. The highest BCUT2D eigenvalue weighted by atomic mass is 35.5. The SMILES string of the molecule is Cc1cc(-c2ccc3c4[nH]ncc4c(=O)n(CC(F)(F)F)c3c2)cnc1Cl. The van der Waals surface area contributed by atoms with Gasteiger partial charge < -0.3 is 0 Å². The molecule has 5 nitrogen and oxygen atoms in total. The summed E-state index contributed by atoms with van der Waals surface area (Å²) in [5.74, 6) is 0. The first kappa shape index (κ1) is 17.5. The van der Waals surface area contributed by atoms with Gasteiger partial charge in [0.05, 0.1) is 22.6 Å². The fraction of sp³-hybridized carbons (Fsp3) is 0.167. The van der Waals surface area contributed by atoms with Gasteiger partial charge >= 0.3 is 6.18 Å². The zero-order valence-corrected chi connectivity index (χ0v) is 14.7. The Balaban J connectivity index is 2.03. The number of nitrogens with zero attached hydrogens (tertiary/aromatic N) is 3. The first-order valence-corrected chi connectivity index (χ1v) is 8.31. The Morgan fingerprint density at radius 2 is 1.93 bits per heavy atom. The molecule has 0 unspecified atom stereocenters. The molecule has 0 aliphatic rings. The molecular weight excluding hydrogens is 381 g/mol. The fourth-order valence-corrected chi connectivity index (χ4v) is 3.21. The lowest BCUT2D eigenvalue weighted by atomic mass is 10.0. The fourth-order valence-electron chi connectivity index (χ4n) is 3.11. The Morgan fingerprint density at radius 1 is 1.15 bits per heavy atom. The van der Waals surface area contributed by atoms with Gasteiger partial charge in [-0.1, -0.05) is 23.7 Å². The first-order chi connectivity index (χ1) is 12.7. The number of rotatable bonds is 2. The second-order valence-electron chi connectivity index (χ2n) is 6.23. The molecule has 0 saturated carbocycles. The van der Waals surface area contributed by atoms with Crippen LogP contribution in [-0.4, -0.2) is 25.9 Å². The summed E-state index contributed by atoms with van der Waals surface area (Å²) in [5, 5.41) is 7.45. The van der Waals surface area contributed by atoms with Crippen LogP contribution in [0.15, 0.2) is 41.5 Å². The third-order valence-corrected chi connectivity index (χ3v) is 4.75. The van der Waals surface area contributed by atoms with E-state index in [1.165, 1.54) is 12.4 Å². The molecule has 3 heterocycles. The number of halogens is 4. The molecule has 138 valence electrons. The lowest BCUT2D eigenvalue weighted by Crippen LogP contribution is -2.28. The van der Waals surface area contributed by atoms with E-state index in [0.29, 0.717) is 27.2 Å². The van der Waals surface area contributed by atoms with Crippen molar-refractivity contribution >= 4 is 33.4 Å². The molecule has 0 bridgehead atoms. The number of fused-ring (bicyclic) bond motifs is 3. The zero-order chi connectivity index (χ0) is 19.3. The summed E-state index contributed by atoms with van der Waals surface area (Å²) in [7, 11) is 0. The number of H-pyrrole nitrogens is 1. The molecular formula is C18H12ClF3N4O. The standard InChI is InChI=1S/C18H12ClF3N4O/c1-9-4-11(6-23-16(9)19)10-2-3-12-14(5-10)26(8-18(20,21)22)17(27)13-7-24-25-15(12)13/h2-7H,8H2,1H3,(H,24,25). The smallest absolute Gasteiger partial charge is 0.298 e. The second kappa shape index (κ2) is 6.09. The number of aromatic nitrogens is 4. The summed E-state index contributed by atoms with van der Waals surface area (Å²) in [6, 6.07) is 6.77. The summed E-state index contributed by atoms with van der Waals surface area (Å²) in [6.45, 7) is 0.401. The maximum Gasteiger partial charge on any atom is 0.406 e. The van der Waals surface area contributed by atoms with Crippen molar-refractivity contribution in [3.05, 3.63) is 57.7 Å². The Bertz CT molecular complexity index is 1240. The van der Waals surface area contributed by atoms with E-state index in [1.54, 1.807) is 31.2 Å². The lowest BCUT2D eigenvalue weighted by molar-refractivity contribution is -0.140. The van der Waals surface area contributed by atoms with E-state index in [-0.39, 0.29) is 10.9 Å². The van der Waals surface area contributed by atoms with Crippen molar-refractivity contribution < 1.29 is 13.2 Å². The van der Waals surface area contributed by atoms with Gasteiger partial charge in [0.25, 0.3) is 5.56 Å². The van der Waals surface area contributed by atoms with Crippen molar-refractivity contribution in [2.45, 2.75) is 19.6 Å². The van der Waals surface area contributed by atoms with Crippen molar-refractivity contribution in [3.8, 4) is 11.1 Å². The minimum Gasteiger partial charge on any atom is -0.298 e. The molecule has 3 aromatic heterocycles. The van der Waals surface area contributed by atoms with Crippen molar-refractivity contribution in [2.75, 3.05) is 0 Å². The van der Waals surface area contributed by atoms with Crippen LogP contribution in [0, 0.1) is 6.92 Å². The number of alkyl halides is 3. The maximum absolute atomic E-state index is 13.1. The molecule has 4 rings (SSSR count). The van der Waals surface area contributed by atoms with Gasteiger partial charge in [0, 0.05) is 17.1 Å². The number of aromatic amines is 1. The van der Waals surface area contributed by atoms with Gasteiger partial charge in [0.2, 0.25) is 0 Å². The number of pyridine rings is 2. The van der Waals surface area contributed by atoms with Crippen LogP contribution in [-0.2, 0) is 6.54 Å². The van der Waals surface area contributed by atoms with Gasteiger partial charge in [-0.3, -0.25) is 14.5 Å². The number of benzene rings is 1. The van der Waals surface area contributed by atoms with E-state index in [2.05, 4.69) is 15.2 Å². The van der Waals surface area contributed by atoms with Gasteiger partial charge in [0.1, 0.15) is 11.7 Å². The Labute approximate surface area is 155 Å². The third-order valence-electron chi connectivity index (χ3n) is 4.36. The van der Waals surface area contributed by atoms with Crippen molar-refractivity contribution in [2.24, 2.45) is 0 Å². The summed E-state index contributed by atoms with van der Waals surface area (Å²) >= 11 is 5.94. The largest absolute Gasteiger partial charge is 0.406 e. The maximum atomic E-state index is 13.1. The van der Waals surface area contributed by atoms with Crippen molar-refractivity contribution in [3.63, 3.8) is 0 Å². The topological polar surface area (TPSA) is 63.6 Å². The van der Waals surface area contributed by atoms with E-state index in [0.717, 1.165) is 10.1 Å². The van der Waals surface area contributed by atoms with Gasteiger partial charge in [-0.2, -0.15) is 18.3 Å². The van der Waals surface area contributed by atoms with Gasteiger partial charge in [-0.05, 0) is 30.2 Å². The Hall–Kier alpha value is -2.87. The summed E-state index contributed by atoms with van der Waals surface area (Å²) in [4.78, 5) is 16.7. The monoisotopic (exact) mass is 392 g/mol. The number of hydrogen-bond acceptors (Lipinski definition) is 3. The predicted octanol–water partition coefficient (Wildman–Crippen LogP) is 4.46. The highest BCUT2D eigenvalue weighted by Crippen LogP contribution is 2.29. The molecule has 4 aromatic rings. The average molecular weight is 393 g/mol. The molecule has 1 N–H and O–H groups in total. The summed E-state index contributed by atoms with van der Waals surface area (Å²) in [5.41, 5.74) is 1.89. The average Bonchev–Trinajstić information content (AvgIpc) is 3.10. The van der Waals surface area contributed by atoms with Crippen LogP contribution in [0.25, 0.3) is 32.9 Å². The van der Waals surface area contributed by atoms with E-state index in [4.69, 9.17) is 11.6 Å². The summed E-state index contributed by atoms with van der Waals surface area (Å²) in [6.07, 6.45) is -1.76. The second-order valence-corrected chi connectivity index (χ2v) is 6.59. The molecule has 0 atom stereocenters. The van der Waals surface area contributed by atoms with Crippen LogP contribution >= 0.6 is 11.6 Å². The molecule has 0 amide bonds. The normalized spacial score (nSPS) is 12.2. The van der Waals surface area contributed by atoms with Crippen LogP contribution < -0.4 is 5.56 Å². The highest BCUT2D eigenvalue weighted by Gasteiger charge is 2.30. The molecule has 0 aliphatic carbocycles. The Kier molecular flexibility index (Phi) is 3.96. The highest BCUT2D eigenvalue weighted by molar-refractivity contribution is 6.30. The van der Waals surface area contributed by atoms with E-state index >= 15 is 0 Å². The predicted molar refractivity (Wildman–Crippen MR) is 96.9 cm³/mol. The van der Waals surface area contributed by atoms with E-state index in [9.17, 15) is 18.0 Å². The lowest BCUT2D eigenvalue weighted by Gasteiger charge is -2.14. The molecule has 0 aliphatic heterocycles. The number of nitrogens with one attached hydrogen (secondary N) is 1. The van der Waals surface area contributed by atoms with Crippen LogP contribution in [0.2, 0.25) is 5.15 Å². The van der Waals surface area contributed by atoms with E-state index < -0.39 is 18.3 Å². The first-order valence-electron chi connectivity index (χ1n) is 7.93. The minimum absolute atomic E-state index is 0.114. The molecule has 0 spiro atoms. The molecule has 9 heteroatoms. The van der Waals surface area contributed by atoms with Crippen LogP contribution in [0.3, 0.4) is 0 Å². The summed E-state index contributed by atoms with van der Waals surface area (Å²) < 4.78 is 40.0. The van der Waals surface area contributed by atoms with Crippen LogP contribution in [0.1, 0.15) is 5.56 Å². The zero-order valence-electron chi connectivity index (χ0n) is 13.9. The quantitative estimate of drug-likeness (QED) is 0.512. The van der Waals surface area contributed by atoms with E-state index in [1.807, 2.05) is 0 Å². The van der Waals surface area contributed by atoms with Crippen LogP contribution in [0.5, 0.6) is 0 Å². The van der Waals surface area contributed by atoms with Gasteiger partial charge in [-0.15, -0.1) is 0 Å². The van der Waals surface area contributed by atoms with Crippen molar-refractivity contribution in [1.82, 2.24) is 19.7 Å². The number of aryl methyl sites for hydroxylation is 1. The Morgan fingerprint density at radius 3 is 2.63 bits per heavy atom. The molecule has 0 saturated heterocycles.